The fourth-order valence-electron chi connectivity index (χ4n) is 1.41. The minimum absolute atomic E-state index is 0.515. The third-order valence-electron chi connectivity index (χ3n) is 2.21. The lowest BCUT2D eigenvalue weighted by atomic mass is 10.1. The molecule has 0 saturated heterocycles. The second-order valence-corrected chi connectivity index (χ2v) is 4.16. The van der Waals surface area contributed by atoms with Crippen LogP contribution in [0.3, 0.4) is 0 Å². The van der Waals surface area contributed by atoms with E-state index in [1.165, 1.54) is 11.1 Å². The fourth-order valence-corrected chi connectivity index (χ4v) is 1.41. The summed E-state index contributed by atoms with van der Waals surface area (Å²) >= 11 is 0. The van der Waals surface area contributed by atoms with Gasteiger partial charge in [-0.15, -0.1) is 6.58 Å². The summed E-state index contributed by atoms with van der Waals surface area (Å²) in [6, 6.07) is 8.98. The van der Waals surface area contributed by atoms with Crippen LogP contribution in [0.1, 0.15) is 25.0 Å². The van der Waals surface area contributed by atoms with Gasteiger partial charge in [0.1, 0.15) is 0 Å². The molecule has 0 aliphatic rings. The number of hydrogen-bond donors (Lipinski definition) is 1. The minimum Gasteiger partial charge on any atom is -0.373 e. The predicted molar refractivity (Wildman–Crippen MR) is 68.3 cm³/mol. The Morgan fingerprint density at radius 2 is 2.12 bits per heavy atom. The average Bonchev–Trinajstić information content (AvgIpc) is 2.27. The Bertz CT molecular complexity index is 320. The van der Waals surface area contributed by atoms with Crippen molar-refractivity contribution in [3.05, 3.63) is 48.0 Å². The van der Waals surface area contributed by atoms with Crippen LogP contribution in [0.25, 0.3) is 0 Å². The van der Waals surface area contributed by atoms with Crippen molar-refractivity contribution in [3.63, 3.8) is 0 Å². The van der Waals surface area contributed by atoms with Gasteiger partial charge in [0, 0.05) is 12.6 Å². The van der Waals surface area contributed by atoms with E-state index in [0.717, 1.165) is 6.54 Å². The molecular formula is C14H21NO. The van der Waals surface area contributed by atoms with Crippen molar-refractivity contribution >= 4 is 0 Å². The summed E-state index contributed by atoms with van der Waals surface area (Å²) in [5.74, 6) is 0. The highest BCUT2D eigenvalue weighted by Crippen LogP contribution is 2.06. The first kappa shape index (κ1) is 12.9. The smallest absolute Gasteiger partial charge is 0.0721 e. The van der Waals surface area contributed by atoms with Crippen molar-refractivity contribution in [3.8, 4) is 0 Å². The zero-order chi connectivity index (χ0) is 11.8. The lowest BCUT2D eigenvalue weighted by Gasteiger charge is -2.09. The van der Waals surface area contributed by atoms with Crippen molar-refractivity contribution in [1.29, 1.82) is 0 Å². The molecule has 16 heavy (non-hydrogen) atoms. The molecule has 0 aliphatic carbocycles. The topological polar surface area (TPSA) is 21.3 Å². The van der Waals surface area contributed by atoms with E-state index in [1.54, 1.807) is 6.08 Å². The van der Waals surface area contributed by atoms with Crippen LogP contribution >= 0.6 is 0 Å². The van der Waals surface area contributed by atoms with E-state index in [4.69, 9.17) is 4.74 Å². The predicted octanol–water partition coefficient (Wildman–Crippen LogP) is 2.89. The van der Waals surface area contributed by atoms with Crippen molar-refractivity contribution in [2.45, 2.75) is 33.0 Å². The van der Waals surface area contributed by atoms with E-state index in [1.807, 2.05) is 0 Å². The number of benzene rings is 1. The Morgan fingerprint density at radius 1 is 1.38 bits per heavy atom. The summed E-state index contributed by atoms with van der Waals surface area (Å²) in [4.78, 5) is 0. The summed E-state index contributed by atoms with van der Waals surface area (Å²) in [7, 11) is 0. The third kappa shape index (κ3) is 5.10. The van der Waals surface area contributed by atoms with Gasteiger partial charge in [-0.05, 0) is 11.1 Å². The summed E-state index contributed by atoms with van der Waals surface area (Å²) in [5.41, 5.74) is 2.51. The van der Waals surface area contributed by atoms with Crippen molar-refractivity contribution in [1.82, 2.24) is 5.32 Å². The van der Waals surface area contributed by atoms with Crippen molar-refractivity contribution < 1.29 is 4.74 Å². The molecule has 2 nitrogen and oxygen atoms in total. The number of nitrogens with one attached hydrogen (secondary N) is 1. The van der Waals surface area contributed by atoms with Gasteiger partial charge >= 0.3 is 0 Å². The highest BCUT2D eigenvalue weighted by molar-refractivity contribution is 5.22. The van der Waals surface area contributed by atoms with Crippen LogP contribution in [0, 0.1) is 0 Å². The van der Waals surface area contributed by atoms with Crippen molar-refractivity contribution in [2.24, 2.45) is 0 Å². The van der Waals surface area contributed by atoms with Crippen LogP contribution in [0.2, 0.25) is 0 Å². The Labute approximate surface area is 98.3 Å². The Kier molecular flexibility index (Phi) is 5.83. The number of ether oxygens (including phenoxy) is 1. The lowest BCUT2D eigenvalue weighted by Crippen LogP contribution is -2.21. The van der Waals surface area contributed by atoms with E-state index >= 15 is 0 Å². The fraction of sp³-hybridized carbons (Fsp3) is 0.429. The van der Waals surface area contributed by atoms with E-state index < -0.39 is 0 Å². The zero-order valence-electron chi connectivity index (χ0n) is 10.2. The van der Waals surface area contributed by atoms with Crippen LogP contribution in [0.15, 0.2) is 36.9 Å². The van der Waals surface area contributed by atoms with Crippen LogP contribution in [0.4, 0.5) is 0 Å². The van der Waals surface area contributed by atoms with Crippen molar-refractivity contribution in [2.75, 3.05) is 6.61 Å². The quantitative estimate of drug-likeness (QED) is 0.562. The molecule has 1 aromatic carbocycles. The van der Waals surface area contributed by atoms with Gasteiger partial charge in [-0.25, -0.2) is 0 Å². The molecule has 1 N–H and O–H groups in total. The lowest BCUT2D eigenvalue weighted by molar-refractivity contribution is 0.149. The van der Waals surface area contributed by atoms with Crippen LogP contribution in [-0.2, 0) is 17.9 Å². The highest BCUT2D eigenvalue weighted by atomic mass is 16.5. The van der Waals surface area contributed by atoms with Crippen LogP contribution in [0.5, 0.6) is 0 Å². The van der Waals surface area contributed by atoms with Gasteiger partial charge in [0.25, 0.3) is 0 Å². The van der Waals surface area contributed by atoms with Gasteiger partial charge in [-0.1, -0.05) is 44.2 Å². The molecule has 0 unspecified atom stereocenters. The monoisotopic (exact) mass is 219 g/mol. The van der Waals surface area contributed by atoms with E-state index in [-0.39, 0.29) is 0 Å². The first-order valence-electron chi connectivity index (χ1n) is 5.72. The summed E-state index contributed by atoms with van der Waals surface area (Å²) in [6.07, 6.45) is 1.77. The van der Waals surface area contributed by atoms with Gasteiger partial charge in [-0.2, -0.15) is 0 Å². The normalized spacial score (nSPS) is 10.7. The molecule has 0 amide bonds. The van der Waals surface area contributed by atoms with Gasteiger partial charge in [0.15, 0.2) is 0 Å². The second kappa shape index (κ2) is 7.20. The van der Waals surface area contributed by atoms with E-state index in [2.05, 4.69) is 50.0 Å². The average molecular weight is 219 g/mol. The molecule has 0 saturated carbocycles. The third-order valence-corrected chi connectivity index (χ3v) is 2.21. The molecule has 0 aliphatic heterocycles. The largest absolute Gasteiger partial charge is 0.373 e. The molecular weight excluding hydrogens is 198 g/mol. The highest BCUT2D eigenvalue weighted by Gasteiger charge is 1.97. The maximum absolute atomic E-state index is 5.41. The van der Waals surface area contributed by atoms with Gasteiger partial charge in [0.05, 0.1) is 13.2 Å². The molecule has 0 fully saturated rings. The molecule has 2 heteroatoms. The molecule has 0 radical (unpaired) electrons. The number of rotatable bonds is 7. The maximum Gasteiger partial charge on any atom is 0.0721 e. The molecule has 1 rings (SSSR count). The Morgan fingerprint density at radius 3 is 2.81 bits per heavy atom. The molecule has 0 atom stereocenters. The molecule has 0 spiro atoms. The molecule has 0 heterocycles. The molecule has 0 bridgehead atoms. The Balaban J connectivity index is 2.46. The molecule has 88 valence electrons. The van der Waals surface area contributed by atoms with Gasteiger partial charge in [0.2, 0.25) is 0 Å². The van der Waals surface area contributed by atoms with E-state index in [0.29, 0.717) is 19.3 Å². The first-order chi connectivity index (χ1) is 7.72. The van der Waals surface area contributed by atoms with E-state index in [9.17, 15) is 0 Å². The number of hydrogen-bond acceptors (Lipinski definition) is 2. The van der Waals surface area contributed by atoms with Crippen LogP contribution < -0.4 is 5.32 Å². The SMILES string of the molecule is C=CCOCc1cccc(CNC(C)C)c1. The molecule has 1 aromatic rings. The maximum atomic E-state index is 5.41. The summed E-state index contributed by atoms with van der Waals surface area (Å²) < 4.78 is 5.41. The first-order valence-corrected chi connectivity index (χ1v) is 5.72. The summed E-state index contributed by atoms with van der Waals surface area (Å²) in [5, 5.41) is 3.40. The standard InChI is InChI=1S/C14H21NO/c1-4-8-16-11-14-7-5-6-13(9-14)10-15-12(2)3/h4-7,9,12,15H,1,8,10-11H2,2-3H3. The van der Waals surface area contributed by atoms with Gasteiger partial charge in [-0.3, -0.25) is 0 Å². The zero-order valence-corrected chi connectivity index (χ0v) is 10.2. The summed E-state index contributed by atoms with van der Waals surface area (Å²) in [6.45, 7) is 10.1. The Hall–Kier alpha value is -1.12. The second-order valence-electron chi connectivity index (χ2n) is 4.16. The minimum atomic E-state index is 0.515. The van der Waals surface area contributed by atoms with Crippen LogP contribution in [-0.4, -0.2) is 12.6 Å². The molecule has 0 aromatic heterocycles. The van der Waals surface area contributed by atoms with Gasteiger partial charge < -0.3 is 10.1 Å².